The molecular formula is C11H17NO. The van der Waals surface area contributed by atoms with Gasteiger partial charge in [0.15, 0.2) is 0 Å². The highest BCUT2D eigenvalue weighted by atomic mass is 16.3. The quantitative estimate of drug-likeness (QED) is 0.660. The van der Waals surface area contributed by atoms with Crippen LogP contribution in [0.2, 0.25) is 0 Å². The van der Waals surface area contributed by atoms with Crippen molar-refractivity contribution in [3.8, 4) is 0 Å². The van der Waals surface area contributed by atoms with Gasteiger partial charge in [0.2, 0.25) is 0 Å². The summed E-state index contributed by atoms with van der Waals surface area (Å²) in [5.74, 6) is 2.25. The van der Waals surface area contributed by atoms with Gasteiger partial charge in [-0.1, -0.05) is 20.8 Å². The Balaban J connectivity index is 2.36. The van der Waals surface area contributed by atoms with E-state index in [0.29, 0.717) is 0 Å². The lowest BCUT2D eigenvalue weighted by Crippen LogP contribution is -2.22. The fourth-order valence-corrected chi connectivity index (χ4v) is 1.62. The van der Waals surface area contributed by atoms with Crippen molar-refractivity contribution in [1.29, 1.82) is 0 Å². The van der Waals surface area contributed by atoms with Crippen LogP contribution in [-0.4, -0.2) is 6.54 Å². The van der Waals surface area contributed by atoms with E-state index < -0.39 is 0 Å². The Labute approximate surface area is 79.3 Å². The molecule has 0 saturated heterocycles. The first-order chi connectivity index (χ1) is 6.07. The lowest BCUT2D eigenvalue weighted by atomic mass is 9.93. The van der Waals surface area contributed by atoms with Crippen LogP contribution in [0, 0.1) is 0 Å². The van der Waals surface area contributed by atoms with Gasteiger partial charge in [-0.15, -0.1) is 0 Å². The van der Waals surface area contributed by atoms with Crippen molar-refractivity contribution in [3.05, 3.63) is 23.2 Å². The van der Waals surface area contributed by atoms with Crippen LogP contribution in [0.15, 0.2) is 10.5 Å². The monoisotopic (exact) mass is 179 g/mol. The van der Waals surface area contributed by atoms with Crippen molar-refractivity contribution >= 4 is 0 Å². The van der Waals surface area contributed by atoms with Gasteiger partial charge in [0.25, 0.3) is 0 Å². The molecular weight excluding hydrogens is 162 g/mol. The van der Waals surface area contributed by atoms with Crippen LogP contribution < -0.4 is 5.32 Å². The summed E-state index contributed by atoms with van der Waals surface area (Å²) < 4.78 is 5.81. The molecule has 13 heavy (non-hydrogen) atoms. The van der Waals surface area contributed by atoms with Gasteiger partial charge in [0.1, 0.15) is 11.5 Å². The zero-order valence-corrected chi connectivity index (χ0v) is 8.61. The molecule has 2 heterocycles. The predicted octanol–water partition coefficient (Wildman–Crippen LogP) is 2.22. The molecule has 0 unspecified atom stereocenters. The fraction of sp³-hybridized carbons (Fsp3) is 0.636. The minimum absolute atomic E-state index is 0.136. The maximum absolute atomic E-state index is 5.81. The zero-order valence-electron chi connectivity index (χ0n) is 8.61. The normalized spacial score (nSPS) is 17.2. The minimum atomic E-state index is 0.136. The highest BCUT2D eigenvalue weighted by molar-refractivity contribution is 5.27. The lowest BCUT2D eigenvalue weighted by molar-refractivity contribution is 0.373. The largest absolute Gasteiger partial charge is 0.464 e. The molecule has 0 bridgehead atoms. The summed E-state index contributed by atoms with van der Waals surface area (Å²) in [5, 5.41) is 3.31. The third-order valence-corrected chi connectivity index (χ3v) is 2.49. The first-order valence-electron chi connectivity index (χ1n) is 4.90. The standard InChI is InChI=1S/C11H17NO/c1-11(2,3)10-6-8-4-5-12-7-9(8)13-10/h6,12H,4-5,7H2,1-3H3. The smallest absolute Gasteiger partial charge is 0.121 e. The topological polar surface area (TPSA) is 25.2 Å². The second-order valence-corrected chi connectivity index (χ2v) is 4.74. The SMILES string of the molecule is CC(C)(C)c1cc2c(o1)CNCC2. The Morgan fingerprint density at radius 1 is 1.38 bits per heavy atom. The number of furan rings is 1. The van der Waals surface area contributed by atoms with E-state index in [2.05, 4.69) is 32.2 Å². The molecule has 2 rings (SSSR count). The van der Waals surface area contributed by atoms with Gasteiger partial charge in [-0.2, -0.15) is 0 Å². The van der Waals surface area contributed by atoms with Crippen molar-refractivity contribution in [3.63, 3.8) is 0 Å². The van der Waals surface area contributed by atoms with E-state index in [1.165, 1.54) is 5.56 Å². The Bertz CT molecular complexity index is 283. The molecule has 2 nitrogen and oxygen atoms in total. The first-order valence-corrected chi connectivity index (χ1v) is 4.90. The van der Waals surface area contributed by atoms with Crippen LogP contribution in [0.1, 0.15) is 37.9 Å². The molecule has 72 valence electrons. The van der Waals surface area contributed by atoms with Crippen molar-refractivity contribution in [2.75, 3.05) is 6.54 Å². The summed E-state index contributed by atoms with van der Waals surface area (Å²) in [6.45, 7) is 8.53. The van der Waals surface area contributed by atoms with Gasteiger partial charge in [0, 0.05) is 5.41 Å². The second kappa shape index (κ2) is 2.88. The fourth-order valence-electron chi connectivity index (χ4n) is 1.62. The van der Waals surface area contributed by atoms with Crippen LogP contribution in [0.5, 0.6) is 0 Å². The summed E-state index contributed by atoms with van der Waals surface area (Å²) in [6.07, 6.45) is 1.11. The number of rotatable bonds is 0. The minimum Gasteiger partial charge on any atom is -0.464 e. The maximum Gasteiger partial charge on any atom is 0.121 e. The Morgan fingerprint density at radius 2 is 2.15 bits per heavy atom. The van der Waals surface area contributed by atoms with E-state index in [-0.39, 0.29) is 5.41 Å². The number of hydrogen-bond acceptors (Lipinski definition) is 2. The number of nitrogens with one attached hydrogen (secondary N) is 1. The zero-order chi connectivity index (χ0) is 9.47. The third-order valence-electron chi connectivity index (χ3n) is 2.49. The molecule has 1 aliphatic rings. The van der Waals surface area contributed by atoms with Gasteiger partial charge < -0.3 is 9.73 Å². The van der Waals surface area contributed by atoms with Crippen molar-refractivity contribution < 1.29 is 4.42 Å². The van der Waals surface area contributed by atoms with Crippen molar-refractivity contribution in [2.45, 2.75) is 39.2 Å². The summed E-state index contributed by atoms with van der Waals surface area (Å²) in [4.78, 5) is 0. The van der Waals surface area contributed by atoms with E-state index in [1.807, 2.05) is 0 Å². The molecule has 0 fully saturated rings. The van der Waals surface area contributed by atoms with Gasteiger partial charge in [-0.05, 0) is 24.6 Å². The molecule has 0 spiro atoms. The van der Waals surface area contributed by atoms with E-state index in [9.17, 15) is 0 Å². The van der Waals surface area contributed by atoms with Gasteiger partial charge in [-0.25, -0.2) is 0 Å². The van der Waals surface area contributed by atoms with E-state index in [1.54, 1.807) is 0 Å². The van der Waals surface area contributed by atoms with Crippen LogP contribution in [0.25, 0.3) is 0 Å². The Morgan fingerprint density at radius 3 is 2.77 bits per heavy atom. The van der Waals surface area contributed by atoms with Crippen molar-refractivity contribution in [1.82, 2.24) is 5.32 Å². The molecule has 2 heteroatoms. The molecule has 0 aromatic carbocycles. The van der Waals surface area contributed by atoms with Crippen LogP contribution in [0.3, 0.4) is 0 Å². The summed E-state index contributed by atoms with van der Waals surface area (Å²) >= 11 is 0. The summed E-state index contributed by atoms with van der Waals surface area (Å²) in [6, 6.07) is 2.22. The second-order valence-electron chi connectivity index (χ2n) is 4.74. The maximum atomic E-state index is 5.81. The average Bonchev–Trinajstić information content (AvgIpc) is 2.45. The van der Waals surface area contributed by atoms with E-state index in [0.717, 1.165) is 31.0 Å². The third kappa shape index (κ3) is 1.63. The predicted molar refractivity (Wildman–Crippen MR) is 52.8 cm³/mol. The molecule has 1 aromatic heterocycles. The van der Waals surface area contributed by atoms with Gasteiger partial charge in [-0.3, -0.25) is 0 Å². The lowest BCUT2D eigenvalue weighted by Gasteiger charge is -2.14. The van der Waals surface area contributed by atoms with Crippen LogP contribution in [0.4, 0.5) is 0 Å². The van der Waals surface area contributed by atoms with Gasteiger partial charge >= 0.3 is 0 Å². The molecule has 0 amide bonds. The molecule has 0 radical (unpaired) electrons. The highest BCUT2D eigenvalue weighted by Crippen LogP contribution is 2.28. The summed E-state index contributed by atoms with van der Waals surface area (Å²) in [5.41, 5.74) is 1.53. The Hall–Kier alpha value is -0.760. The Kier molecular flexibility index (Phi) is 1.95. The molecule has 1 N–H and O–H groups in total. The molecule has 0 saturated carbocycles. The number of fused-ring (bicyclic) bond motifs is 1. The van der Waals surface area contributed by atoms with E-state index >= 15 is 0 Å². The van der Waals surface area contributed by atoms with E-state index in [4.69, 9.17) is 4.42 Å². The van der Waals surface area contributed by atoms with Crippen molar-refractivity contribution in [2.24, 2.45) is 0 Å². The highest BCUT2D eigenvalue weighted by Gasteiger charge is 2.22. The summed E-state index contributed by atoms with van der Waals surface area (Å²) in [7, 11) is 0. The number of hydrogen-bond donors (Lipinski definition) is 1. The molecule has 0 aliphatic carbocycles. The molecule has 1 aliphatic heterocycles. The van der Waals surface area contributed by atoms with Crippen LogP contribution in [-0.2, 0) is 18.4 Å². The molecule has 0 atom stereocenters. The van der Waals surface area contributed by atoms with Crippen LogP contribution >= 0.6 is 0 Å². The first kappa shape index (κ1) is 8.82. The van der Waals surface area contributed by atoms with Gasteiger partial charge in [0.05, 0.1) is 6.54 Å². The average molecular weight is 179 g/mol. The molecule has 1 aromatic rings.